The molecular weight excluding hydrogens is 348 g/mol. The molecule has 0 radical (unpaired) electrons. The van der Waals surface area contributed by atoms with Crippen LogP contribution in [0.4, 0.5) is 5.69 Å². The summed E-state index contributed by atoms with van der Waals surface area (Å²) < 4.78 is 6.11. The monoisotopic (exact) mass is 364 g/mol. The van der Waals surface area contributed by atoms with E-state index in [0.717, 1.165) is 22.5 Å². The van der Waals surface area contributed by atoms with Gasteiger partial charge in [-0.25, -0.2) is 14.8 Å². The molecule has 2 aromatic carbocycles. The molecule has 0 unspecified atom stereocenters. The number of carboxylic acids is 1. The van der Waals surface area contributed by atoms with E-state index in [4.69, 9.17) is 9.84 Å². The second kappa shape index (κ2) is 6.07. The molecule has 0 saturated heterocycles. The number of ether oxygens (including phenoxy) is 1. The molecule has 6 heteroatoms. The molecule has 0 amide bonds. The zero-order valence-electron chi connectivity index (χ0n) is 14.3. The molecule has 1 N–H and O–H groups in total. The van der Waals surface area contributed by atoms with Crippen LogP contribution in [0.2, 0.25) is 0 Å². The van der Waals surface area contributed by atoms with Crippen LogP contribution >= 0.6 is 11.3 Å². The highest BCUT2D eigenvalue weighted by Gasteiger charge is 2.32. The molecule has 5 nitrogen and oxygen atoms in total. The zero-order valence-corrected chi connectivity index (χ0v) is 15.1. The third-order valence-electron chi connectivity index (χ3n) is 4.24. The maximum Gasteiger partial charge on any atom is 0.335 e. The molecular formula is C20H16N2O3S. The summed E-state index contributed by atoms with van der Waals surface area (Å²) in [6.45, 7) is 4.03. The van der Waals surface area contributed by atoms with E-state index >= 15 is 0 Å². The van der Waals surface area contributed by atoms with E-state index in [1.807, 2.05) is 43.5 Å². The number of rotatable bonds is 3. The summed E-state index contributed by atoms with van der Waals surface area (Å²) in [7, 11) is 0. The summed E-state index contributed by atoms with van der Waals surface area (Å²) >= 11 is 1.45. The highest BCUT2D eigenvalue weighted by molar-refractivity contribution is 7.12. The maximum atomic E-state index is 11.0. The number of carbonyl (C=O) groups is 1. The molecule has 1 aliphatic rings. The molecule has 0 atom stereocenters. The van der Waals surface area contributed by atoms with E-state index in [0.29, 0.717) is 10.9 Å². The van der Waals surface area contributed by atoms with Crippen molar-refractivity contribution in [3.05, 3.63) is 70.0 Å². The number of aromatic carboxylic acids is 1. The lowest BCUT2D eigenvalue weighted by atomic mass is 9.95. The zero-order chi connectivity index (χ0) is 18.3. The van der Waals surface area contributed by atoms with Crippen molar-refractivity contribution in [1.82, 2.24) is 4.98 Å². The third kappa shape index (κ3) is 2.88. The maximum absolute atomic E-state index is 11.0. The molecule has 26 heavy (non-hydrogen) atoms. The number of aliphatic imine (C=N–C) groups is 1. The van der Waals surface area contributed by atoms with Gasteiger partial charge in [0.25, 0.3) is 5.90 Å². The van der Waals surface area contributed by atoms with Crippen LogP contribution in [0.15, 0.2) is 58.9 Å². The van der Waals surface area contributed by atoms with Gasteiger partial charge in [-0.3, -0.25) is 0 Å². The minimum absolute atomic E-state index is 0.252. The van der Waals surface area contributed by atoms with E-state index in [1.165, 1.54) is 11.3 Å². The van der Waals surface area contributed by atoms with Crippen molar-refractivity contribution in [3.63, 3.8) is 0 Å². The van der Waals surface area contributed by atoms with Gasteiger partial charge < -0.3 is 9.84 Å². The Kier molecular flexibility index (Phi) is 3.85. The van der Waals surface area contributed by atoms with Gasteiger partial charge in [-0.2, -0.15) is 0 Å². The normalized spacial score (nSPS) is 14.9. The average molecular weight is 364 g/mol. The first kappa shape index (κ1) is 16.5. The Bertz CT molecular complexity index is 1020. The lowest BCUT2D eigenvalue weighted by Crippen LogP contribution is -2.29. The van der Waals surface area contributed by atoms with Crippen LogP contribution in [-0.2, 0) is 10.3 Å². The second-order valence-electron chi connectivity index (χ2n) is 6.47. The number of nitrogens with zero attached hydrogens (tertiary/aromatic N) is 2. The van der Waals surface area contributed by atoms with Crippen molar-refractivity contribution in [1.29, 1.82) is 0 Å². The van der Waals surface area contributed by atoms with Crippen LogP contribution in [0.3, 0.4) is 0 Å². The standard InChI is InChI=1S/C20H16N2O3S/c1-20(2)14-5-3-4-6-15(14)21-17(25-20)18-22-16(11-26-18)12-7-9-13(10-8-12)19(23)24/h3-11H,1-2H3,(H,23,24). The predicted molar refractivity (Wildman–Crippen MR) is 101 cm³/mol. The molecule has 4 rings (SSSR count). The van der Waals surface area contributed by atoms with Gasteiger partial charge in [0.15, 0.2) is 5.01 Å². The quantitative estimate of drug-likeness (QED) is 0.721. The minimum Gasteiger partial charge on any atom is -0.478 e. The summed E-state index contributed by atoms with van der Waals surface area (Å²) in [6, 6.07) is 14.6. The third-order valence-corrected chi connectivity index (χ3v) is 5.07. The number of hydrogen-bond acceptors (Lipinski definition) is 5. The smallest absolute Gasteiger partial charge is 0.335 e. The van der Waals surface area contributed by atoms with E-state index in [-0.39, 0.29) is 5.56 Å². The van der Waals surface area contributed by atoms with Crippen molar-refractivity contribution in [2.45, 2.75) is 19.4 Å². The van der Waals surface area contributed by atoms with Gasteiger partial charge in [-0.1, -0.05) is 30.3 Å². The minimum atomic E-state index is -0.943. The van der Waals surface area contributed by atoms with Gasteiger partial charge in [0, 0.05) is 16.5 Å². The van der Waals surface area contributed by atoms with E-state index in [2.05, 4.69) is 9.98 Å². The van der Waals surface area contributed by atoms with Crippen LogP contribution in [0, 0.1) is 0 Å². The largest absolute Gasteiger partial charge is 0.478 e. The first-order valence-corrected chi connectivity index (χ1v) is 8.99. The van der Waals surface area contributed by atoms with Gasteiger partial charge in [0.1, 0.15) is 5.60 Å². The van der Waals surface area contributed by atoms with Crippen LogP contribution in [-0.4, -0.2) is 22.0 Å². The average Bonchev–Trinajstić information content (AvgIpc) is 3.11. The molecule has 0 fully saturated rings. The molecule has 130 valence electrons. The fourth-order valence-corrected chi connectivity index (χ4v) is 3.64. The van der Waals surface area contributed by atoms with Crippen LogP contribution in [0.25, 0.3) is 11.3 Å². The number of thiazole rings is 1. The van der Waals surface area contributed by atoms with Crippen molar-refractivity contribution in [3.8, 4) is 11.3 Å². The summed E-state index contributed by atoms with van der Waals surface area (Å²) in [5, 5.41) is 11.6. The summed E-state index contributed by atoms with van der Waals surface area (Å²) in [5.74, 6) is -0.437. The molecule has 0 spiro atoms. The van der Waals surface area contributed by atoms with Gasteiger partial charge in [-0.15, -0.1) is 11.3 Å². The van der Waals surface area contributed by atoms with Crippen molar-refractivity contribution >= 4 is 28.9 Å². The first-order valence-electron chi connectivity index (χ1n) is 8.11. The van der Waals surface area contributed by atoms with E-state index < -0.39 is 11.6 Å². The Morgan fingerprint density at radius 1 is 1.12 bits per heavy atom. The molecule has 3 aromatic rings. The fourth-order valence-electron chi connectivity index (χ4n) is 2.89. The Morgan fingerprint density at radius 2 is 1.85 bits per heavy atom. The number of fused-ring (bicyclic) bond motifs is 1. The molecule has 0 aliphatic carbocycles. The summed E-state index contributed by atoms with van der Waals surface area (Å²) in [5.41, 5.74) is 3.33. The summed E-state index contributed by atoms with van der Waals surface area (Å²) in [6.07, 6.45) is 0. The molecule has 1 aromatic heterocycles. The Morgan fingerprint density at radius 3 is 2.58 bits per heavy atom. The lowest BCUT2D eigenvalue weighted by molar-refractivity contribution is 0.0696. The highest BCUT2D eigenvalue weighted by Crippen LogP contribution is 2.38. The van der Waals surface area contributed by atoms with Crippen molar-refractivity contribution < 1.29 is 14.6 Å². The van der Waals surface area contributed by atoms with Crippen LogP contribution < -0.4 is 0 Å². The Balaban J connectivity index is 1.68. The fraction of sp³-hybridized carbons (Fsp3) is 0.150. The van der Waals surface area contributed by atoms with Gasteiger partial charge in [0.2, 0.25) is 0 Å². The van der Waals surface area contributed by atoms with Crippen LogP contribution in [0.5, 0.6) is 0 Å². The second-order valence-corrected chi connectivity index (χ2v) is 7.32. The predicted octanol–water partition coefficient (Wildman–Crippen LogP) is 4.85. The Labute approximate surface area is 154 Å². The molecule has 2 heterocycles. The molecule has 1 aliphatic heterocycles. The number of para-hydroxylation sites is 1. The van der Waals surface area contributed by atoms with E-state index in [9.17, 15) is 4.79 Å². The summed E-state index contributed by atoms with van der Waals surface area (Å²) in [4.78, 5) is 20.2. The van der Waals surface area contributed by atoms with E-state index in [1.54, 1.807) is 24.3 Å². The molecule has 0 bridgehead atoms. The number of hydrogen-bond donors (Lipinski definition) is 1. The number of benzene rings is 2. The van der Waals surface area contributed by atoms with Crippen molar-refractivity contribution in [2.75, 3.05) is 0 Å². The topological polar surface area (TPSA) is 71.8 Å². The number of aromatic nitrogens is 1. The highest BCUT2D eigenvalue weighted by atomic mass is 32.1. The van der Waals surface area contributed by atoms with Crippen LogP contribution in [0.1, 0.15) is 34.8 Å². The van der Waals surface area contributed by atoms with Gasteiger partial charge in [-0.05, 0) is 32.0 Å². The molecule has 0 saturated carbocycles. The van der Waals surface area contributed by atoms with Gasteiger partial charge >= 0.3 is 5.97 Å². The SMILES string of the molecule is CC1(C)OC(c2nc(-c3ccc(C(=O)O)cc3)cs2)=Nc2ccccc21. The Hall–Kier alpha value is -2.99. The van der Waals surface area contributed by atoms with Crippen molar-refractivity contribution in [2.24, 2.45) is 4.99 Å². The number of carboxylic acid groups (broad SMARTS) is 1. The van der Waals surface area contributed by atoms with Gasteiger partial charge in [0.05, 0.1) is 16.9 Å². The first-order chi connectivity index (χ1) is 12.4. The lowest BCUT2D eigenvalue weighted by Gasteiger charge is -2.31.